The second-order valence-corrected chi connectivity index (χ2v) is 5.05. The monoisotopic (exact) mass is 299 g/mol. The summed E-state index contributed by atoms with van der Waals surface area (Å²) in [5.41, 5.74) is 1.03. The largest absolute Gasteiger partial charge is 0.416 e. The zero-order chi connectivity index (χ0) is 14.8. The van der Waals surface area contributed by atoms with Crippen molar-refractivity contribution < 1.29 is 13.2 Å². The average Bonchev–Trinajstić information content (AvgIpc) is 2.40. The smallest absolute Gasteiger partial charge is 0.261 e. The molecule has 1 unspecified atom stereocenters. The van der Waals surface area contributed by atoms with Gasteiger partial charge in [0.25, 0.3) is 0 Å². The van der Waals surface area contributed by atoms with Crippen LogP contribution in [0.2, 0.25) is 0 Å². The first-order valence-corrected chi connectivity index (χ1v) is 6.54. The Morgan fingerprint density at radius 3 is 2.50 bits per heavy atom. The van der Waals surface area contributed by atoms with Crippen LogP contribution >= 0.6 is 11.6 Å². The van der Waals surface area contributed by atoms with Crippen molar-refractivity contribution in [2.75, 3.05) is 0 Å². The Bertz CT molecular complexity index is 596. The molecule has 1 aromatic carbocycles. The van der Waals surface area contributed by atoms with E-state index in [1.807, 2.05) is 13.0 Å². The highest BCUT2D eigenvalue weighted by Crippen LogP contribution is 2.37. The van der Waals surface area contributed by atoms with E-state index >= 15 is 0 Å². The van der Waals surface area contributed by atoms with Crippen molar-refractivity contribution in [3.8, 4) is 0 Å². The lowest BCUT2D eigenvalue weighted by atomic mass is 9.99. The lowest BCUT2D eigenvalue weighted by molar-refractivity contribution is -0.138. The summed E-state index contributed by atoms with van der Waals surface area (Å²) < 4.78 is 38.9. The van der Waals surface area contributed by atoms with Crippen LogP contribution in [0.5, 0.6) is 0 Å². The Morgan fingerprint density at radius 1 is 1.15 bits per heavy atom. The third-order valence-electron chi connectivity index (χ3n) is 3.09. The van der Waals surface area contributed by atoms with Crippen LogP contribution < -0.4 is 0 Å². The highest BCUT2D eigenvalue weighted by molar-refractivity contribution is 6.21. The number of aromatic nitrogens is 1. The third kappa shape index (κ3) is 3.31. The van der Waals surface area contributed by atoms with Crippen molar-refractivity contribution in [1.29, 1.82) is 0 Å². The van der Waals surface area contributed by atoms with Crippen LogP contribution in [-0.4, -0.2) is 4.98 Å². The molecule has 1 atom stereocenters. The van der Waals surface area contributed by atoms with Crippen molar-refractivity contribution in [3.05, 3.63) is 65.0 Å². The van der Waals surface area contributed by atoms with Crippen molar-refractivity contribution in [2.24, 2.45) is 0 Å². The molecule has 0 aliphatic heterocycles. The molecule has 20 heavy (non-hydrogen) atoms. The number of hydrogen-bond donors (Lipinski definition) is 0. The molecule has 2 aromatic rings. The number of benzene rings is 1. The molecule has 0 N–H and O–H groups in total. The molecule has 2 rings (SSSR count). The van der Waals surface area contributed by atoms with Crippen LogP contribution in [0.15, 0.2) is 42.6 Å². The summed E-state index contributed by atoms with van der Waals surface area (Å²) in [6, 6.07) is 9.04. The molecule has 0 saturated heterocycles. The second kappa shape index (κ2) is 5.83. The SMILES string of the molecule is Cc1cccnc1CC(Cl)c1ccccc1C(F)(F)F. The maximum Gasteiger partial charge on any atom is 0.416 e. The second-order valence-electron chi connectivity index (χ2n) is 4.52. The summed E-state index contributed by atoms with van der Waals surface area (Å²) in [6.45, 7) is 1.86. The standard InChI is InChI=1S/C15H13ClF3N/c1-10-5-4-8-20-14(10)9-13(16)11-6-2-3-7-12(11)15(17,18)19/h2-8,13H,9H2,1H3. The number of hydrogen-bond acceptors (Lipinski definition) is 1. The Balaban J connectivity index is 2.31. The van der Waals surface area contributed by atoms with Crippen LogP contribution in [-0.2, 0) is 12.6 Å². The maximum absolute atomic E-state index is 13.0. The molecular weight excluding hydrogens is 287 g/mol. The normalized spacial score (nSPS) is 13.2. The summed E-state index contributed by atoms with van der Waals surface area (Å²) in [6.07, 6.45) is -2.52. The van der Waals surface area contributed by atoms with Crippen molar-refractivity contribution in [1.82, 2.24) is 4.98 Å². The van der Waals surface area contributed by atoms with E-state index in [1.54, 1.807) is 18.3 Å². The zero-order valence-corrected chi connectivity index (χ0v) is 11.5. The average molecular weight is 300 g/mol. The molecule has 0 amide bonds. The van der Waals surface area contributed by atoms with Crippen molar-refractivity contribution >= 4 is 11.6 Å². The molecule has 0 fully saturated rings. The first-order chi connectivity index (χ1) is 9.39. The summed E-state index contributed by atoms with van der Waals surface area (Å²) in [7, 11) is 0. The molecule has 0 bridgehead atoms. The number of nitrogens with zero attached hydrogens (tertiary/aromatic N) is 1. The summed E-state index contributed by atoms with van der Waals surface area (Å²) in [5, 5.41) is -0.763. The molecule has 106 valence electrons. The zero-order valence-electron chi connectivity index (χ0n) is 10.8. The topological polar surface area (TPSA) is 12.9 Å². The van der Waals surface area contributed by atoms with Gasteiger partial charge in [-0.3, -0.25) is 4.98 Å². The Hall–Kier alpha value is -1.55. The summed E-state index contributed by atoms with van der Waals surface area (Å²) >= 11 is 6.18. The fourth-order valence-corrected chi connectivity index (χ4v) is 2.38. The summed E-state index contributed by atoms with van der Waals surface area (Å²) in [4.78, 5) is 4.17. The van der Waals surface area contributed by atoms with Crippen LogP contribution in [0.1, 0.15) is 27.8 Å². The number of alkyl halides is 4. The molecule has 1 nitrogen and oxygen atoms in total. The minimum absolute atomic E-state index is 0.0896. The van der Waals surface area contributed by atoms with E-state index in [1.165, 1.54) is 12.1 Å². The molecule has 0 aliphatic rings. The molecule has 1 heterocycles. The Morgan fingerprint density at radius 2 is 1.85 bits per heavy atom. The van der Waals surface area contributed by atoms with E-state index < -0.39 is 17.1 Å². The molecular formula is C15H13ClF3N. The number of rotatable bonds is 3. The minimum Gasteiger partial charge on any atom is -0.261 e. The van der Waals surface area contributed by atoms with Crippen LogP contribution in [0.4, 0.5) is 13.2 Å². The van der Waals surface area contributed by atoms with Gasteiger partial charge in [0, 0.05) is 18.3 Å². The molecule has 0 saturated carbocycles. The van der Waals surface area contributed by atoms with E-state index in [-0.39, 0.29) is 12.0 Å². The highest BCUT2D eigenvalue weighted by atomic mass is 35.5. The molecule has 0 spiro atoms. The Labute approximate surface area is 120 Å². The lowest BCUT2D eigenvalue weighted by Crippen LogP contribution is -2.11. The number of pyridine rings is 1. The van der Waals surface area contributed by atoms with Gasteiger partial charge in [0.05, 0.1) is 10.9 Å². The number of halogens is 4. The molecule has 5 heteroatoms. The molecule has 0 radical (unpaired) electrons. The van der Waals surface area contributed by atoms with Gasteiger partial charge in [-0.2, -0.15) is 13.2 Å². The quantitative estimate of drug-likeness (QED) is 0.732. The van der Waals surface area contributed by atoms with Gasteiger partial charge < -0.3 is 0 Å². The molecule has 0 aliphatic carbocycles. The van der Waals surface area contributed by atoms with Gasteiger partial charge in [0.2, 0.25) is 0 Å². The lowest BCUT2D eigenvalue weighted by Gasteiger charge is -2.17. The van der Waals surface area contributed by atoms with Crippen molar-refractivity contribution in [2.45, 2.75) is 24.9 Å². The van der Waals surface area contributed by atoms with E-state index in [9.17, 15) is 13.2 Å². The first-order valence-electron chi connectivity index (χ1n) is 6.10. The molecule has 1 aromatic heterocycles. The first kappa shape index (κ1) is 14.9. The van der Waals surface area contributed by atoms with Gasteiger partial charge in [-0.15, -0.1) is 11.6 Å². The van der Waals surface area contributed by atoms with Gasteiger partial charge in [-0.05, 0) is 30.2 Å². The predicted molar refractivity (Wildman–Crippen MR) is 72.7 cm³/mol. The Kier molecular flexibility index (Phi) is 4.33. The van der Waals surface area contributed by atoms with Crippen LogP contribution in [0.3, 0.4) is 0 Å². The van der Waals surface area contributed by atoms with Crippen LogP contribution in [0, 0.1) is 6.92 Å². The van der Waals surface area contributed by atoms with Crippen LogP contribution in [0.25, 0.3) is 0 Å². The fraction of sp³-hybridized carbons (Fsp3) is 0.267. The number of aryl methyl sites for hydroxylation is 1. The van der Waals surface area contributed by atoms with Gasteiger partial charge in [-0.25, -0.2) is 0 Å². The van der Waals surface area contributed by atoms with E-state index in [4.69, 9.17) is 11.6 Å². The van der Waals surface area contributed by atoms with Gasteiger partial charge in [0.1, 0.15) is 0 Å². The van der Waals surface area contributed by atoms with Gasteiger partial charge >= 0.3 is 6.18 Å². The third-order valence-corrected chi connectivity index (χ3v) is 3.48. The van der Waals surface area contributed by atoms with Crippen molar-refractivity contribution in [3.63, 3.8) is 0 Å². The van der Waals surface area contributed by atoms with E-state index in [0.29, 0.717) is 5.69 Å². The maximum atomic E-state index is 13.0. The summed E-state index contributed by atoms with van der Waals surface area (Å²) in [5.74, 6) is 0. The highest BCUT2D eigenvalue weighted by Gasteiger charge is 2.34. The fourth-order valence-electron chi connectivity index (χ4n) is 2.04. The van der Waals surface area contributed by atoms with E-state index in [0.717, 1.165) is 11.6 Å². The minimum atomic E-state index is -4.40. The van der Waals surface area contributed by atoms with Gasteiger partial charge in [0.15, 0.2) is 0 Å². The predicted octanol–water partition coefficient (Wildman–Crippen LogP) is 4.93. The van der Waals surface area contributed by atoms with Gasteiger partial charge in [-0.1, -0.05) is 24.3 Å². The van der Waals surface area contributed by atoms with E-state index in [2.05, 4.69) is 4.98 Å².